The molecule has 1 nitrogen and oxygen atoms in total. The summed E-state index contributed by atoms with van der Waals surface area (Å²) in [6.07, 6.45) is 9.76. The topological polar surface area (TPSA) is 3.24 Å². The second-order valence-electron chi connectivity index (χ2n) is 5.86. The van der Waals surface area contributed by atoms with Crippen molar-refractivity contribution in [1.29, 1.82) is 0 Å². The molecule has 0 bridgehead atoms. The van der Waals surface area contributed by atoms with E-state index in [1.807, 2.05) is 11.8 Å². The van der Waals surface area contributed by atoms with Gasteiger partial charge in [-0.05, 0) is 48.8 Å². The first-order chi connectivity index (χ1) is 10.7. The van der Waals surface area contributed by atoms with Crippen LogP contribution in [0.15, 0.2) is 34.9 Å². The fraction of sp³-hybridized carbons (Fsp3) is 0.550. The molecule has 0 aliphatic rings. The molecule has 0 aliphatic heterocycles. The van der Waals surface area contributed by atoms with Gasteiger partial charge in [0.25, 0.3) is 0 Å². The lowest BCUT2D eigenvalue weighted by Crippen LogP contribution is -2.07. The molecule has 22 heavy (non-hydrogen) atoms. The molecule has 0 fully saturated rings. The SMILES string of the molecule is CCCCCC(=C=Cc1ccc(N(C)C)cc1)SCCCC. The Morgan fingerprint density at radius 3 is 2.32 bits per heavy atom. The Morgan fingerprint density at radius 2 is 1.73 bits per heavy atom. The summed E-state index contributed by atoms with van der Waals surface area (Å²) in [5.74, 6) is 1.22. The minimum atomic E-state index is 1.18. The molecule has 0 radical (unpaired) electrons. The van der Waals surface area contributed by atoms with Gasteiger partial charge in [0.05, 0.1) is 0 Å². The van der Waals surface area contributed by atoms with Gasteiger partial charge in [0, 0.05) is 24.7 Å². The lowest BCUT2D eigenvalue weighted by Gasteiger charge is -2.11. The first-order valence-electron chi connectivity index (χ1n) is 8.53. The molecule has 0 saturated heterocycles. The summed E-state index contributed by atoms with van der Waals surface area (Å²) in [7, 11) is 4.14. The summed E-state index contributed by atoms with van der Waals surface area (Å²) in [6, 6.07) is 8.66. The number of hydrogen-bond donors (Lipinski definition) is 0. The highest BCUT2D eigenvalue weighted by Gasteiger charge is 1.98. The van der Waals surface area contributed by atoms with Crippen molar-refractivity contribution in [2.75, 3.05) is 24.7 Å². The Bertz CT molecular complexity index is 455. The van der Waals surface area contributed by atoms with Gasteiger partial charge in [-0.1, -0.05) is 45.2 Å². The third-order valence-electron chi connectivity index (χ3n) is 3.59. The van der Waals surface area contributed by atoms with Crippen LogP contribution in [-0.4, -0.2) is 19.8 Å². The maximum atomic E-state index is 3.54. The molecule has 0 aliphatic carbocycles. The second-order valence-corrected chi connectivity index (χ2v) is 7.05. The van der Waals surface area contributed by atoms with Crippen LogP contribution in [0.3, 0.4) is 0 Å². The highest BCUT2D eigenvalue weighted by molar-refractivity contribution is 8.03. The smallest absolute Gasteiger partial charge is 0.0361 e. The number of anilines is 1. The molecule has 1 rings (SSSR count). The highest BCUT2D eigenvalue weighted by atomic mass is 32.2. The average molecular weight is 318 g/mol. The molecule has 0 heterocycles. The van der Waals surface area contributed by atoms with E-state index in [0.717, 1.165) is 0 Å². The number of allylic oxidation sites excluding steroid dienone is 1. The van der Waals surface area contributed by atoms with Crippen LogP contribution >= 0.6 is 11.8 Å². The van der Waals surface area contributed by atoms with Crippen molar-refractivity contribution in [3.8, 4) is 0 Å². The molecule has 0 spiro atoms. The zero-order valence-electron chi connectivity index (χ0n) is 14.7. The van der Waals surface area contributed by atoms with E-state index < -0.39 is 0 Å². The number of thioether (sulfide) groups is 1. The fourth-order valence-corrected chi connectivity index (χ4v) is 3.20. The maximum absolute atomic E-state index is 3.54. The molecule has 1 aromatic carbocycles. The molecule has 0 aromatic heterocycles. The van der Waals surface area contributed by atoms with Gasteiger partial charge >= 0.3 is 0 Å². The van der Waals surface area contributed by atoms with E-state index in [2.05, 4.69) is 68.9 Å². The fourth-order valence-electron chi connectivity index (χ4n) is 2.09. The number of nitrogens with zero attached hydrogens (tertiary/aromatic N) is 1. The molecule has 0 N–H and O–H groups in total. The van der Waals surface area contributed by atoms with Crippen molar-refractivity contribution in [3.05, 3.63) is 40.5 Å². The molecular formula is C20H31NS. The van der Waals surface area contributed by atoms with E-state index in [4.69, 9.17) is 0 Å². The molecule has 0 unspecified atom stereocenters. The van der Waals surface area contributed by atoms with Crippen LogP contribution in [0.4, 0.5) is 5.69 Å². The first-order valence-corrected chi connectivity index (χ1v) is 9.51. The highest BCUT2D eigenvalue weighted by Crippen LogP contribution is 2.23. The van der Waals surface area contributed by atoms with Crippen LogP contribution in [0.25, 0.3) is 6.08 Å². The summed E-state index contributed by atoms with van der Waals surface area (Å²) in [6.45, 7) is 4.51. The number of benzene rings is 1. The summed E-state index contributed by atoms with van der Waals surface area (Å²) < 4.78 is 0. The van der Waals surface area contributed by atoms with Gasteiger partial charge in [-0.15, -0.1) is 17.5 Å². The molecular weight excluding hydrogens is 286 g/mol. The van der Waals surface area contributed by atoms with Crippen LogP contribution in [0.5, 0.6) is 0 Å². The van der Waals surface area contributed by atoms with Gasteiger partial charge in [0.15, 0.2) is 0 Å². The Morgan fingerprint density at radius 1 is 1.05 bits per heavy atom. The lowest BCUT2D eigenvalue weighted by atomic mass is 10.2. The molecule has 122 valence electrons. The average Bonchev–Trinajstić information content (AvgIpc) is 2.53. The van der Waals surface area contributed by atoms with Gasteiger partial charge in [-0.25, -0.2) is 0 Å². The van der Waals surface area contributed by atoms with Gasteiger partial charge < -0.3 is 4.90 Å². The predicted molar refractivity (Wildman–Crippen MR) is 104 cm³/mol. The van der Waals surface area contributed by atoms with E-state index >= 15 is 0 Å². The lowest BCUT2D eigenvalue weighted by molar-refractivity contribution is 0.726. The first kappa shape index (κ1) is 18.9. The van der Waals surface area contributed by atoms with Crippen molar-refractivity contribution >= 4 is 23.5 Å². The van der Waals surface area contributed by atoms with Crippen LogP contribution in [0.1, 0.15) is 57.9 Å². The second kappa shape index (κ2) is 11.5. The molecule has 0 amide bonds. The van der Waals surface area contributed by atoms with Crippen LogP contribution < -0.4 is 4.90 Å². The largest absolute Gasteiger partial charge is 0.378 e. The van der Waals surface area contributed by atoms with Gasteiger partial charge in [-0.2, -0.15) is 0 Å². The van der Waals surface area contributed by atoms with E-state index in [1.54, 1.807) is 0 Å². The van der Waals surface area contributed by atoms with Crippen molar-refractivity contribution in [2.45, 2.75) is 52.4 Å². The zero-order valence-corrected chi connectivity index (χ0v) is 15.5. The quantitative estimate of drug-likeness (QED) is 0.365. The zero-order chi connectivity index (χ0) is 16.2. The van der Waals surface area contributed by atoms with Crippen LogP contribution in [-0.2, 0) is 0 Å². The van der Waals surface area contributed by atoms with Crippen LogP contribution in [0, 0.1) is 0 Å². The standard InChI is InChI=1S/C20H31NS/c1-5-7-9-10-20(22-17-8-6-2)16-13-18-11-14-19(15-12-18)21(3)4/h11-15H,5-10,17H2,1-4H3. The van der Waals surface area contributed by atoms with Crippen molar-refractivity contribution < 1.29 is 0 Å². The van der Waals surface area contributed by atoms with E-state index in [-0.39, 0.29) is 0 Å². The summed E-state index contributed by atoms with van der Waals surface area (Å²) in [4.78, 5) is 3.54. The number of unbranched alkanes of at least 4 members (excludes halogenated alkanes) is 3. The molecule has 0 saturated carbocycles. The monoisotopic (exact) mass is 317 g/mol. The predicted octanol–water partition coefficient (Wildman–Crippen LogP) is 6.36. The van der Waals surface area contributed by atoms with Crippen LogP contribution in [0.2, 0.25) is 0 Å². The Labute approximate surface area is 141 Å². The Balaban J connectivity index is 2.73. The molecule has 1 aromatic rings. The minimum Gasteiger partial charge on any atom is -0.378 e. The van der Waals surface area contributed by atoms with Crippen molar-refractivity contribution in [3.63, 3.8) is 0 Å². The van der Waals surface area contributed by atoms with E-state index in [9.17, 15) is 0 Å². The van der Waals surface area contributed by atoms with E-state index in [1.165, 1.54) is 60.4 Å². The van der Waals surface area contributed by atoms with Gasteiger partial charge in [0.2, 0.25) is 0 Å². The number of hydrogen-bond acceptors (Lipinski definition) is 2. The van der Waals surface area contributed by atoms with Crippen molar-refractivity contribution in [2.24, 2.45) is 0 Å². The molecule has 0 atom stereocenters. The third kappa shape index (κ3) is 7.77. The van der Waals surface area contributed by atoms with E-state index in [0.29, 0.717) is 0 Å². The number of rotatable bonds is 10. The Kier molecular flexibility index (Phi) is 9.86. The summed E-state index contributed by atoms with van der Waals surface area (Å²) in [5, 5.41) is 0. The van der Waals surface area contributed by atoms with Gasteiger partial charge in [-0.3, -0.25) is 0 Å². The third-order valence-corrected chi connectivity index (χ3v) is 4.75. The molecule has 2 heteroatoms. The normalized spacial score (nSPS) is 10.2. The van der Waals surface area contributed by atoms with Gasteiger partial charge in [0.1, 0.15) is 0 Å². The summed E-state index contributed by atoms with van der Waals surface area (Å²) >= 11 is 1.99. The minimum absolute atomic E-state index is 1.18. The summed E-state index contributed by atoms with van der Waals surface area (Å²) in [5.41, 5.74) is 6.01. The Hall–Kier alpha value is -1.11. The van der Waals surface area contributed by atoms with Crippen molar-refractivity contribution in [1.82, 2.24) is 0 Å². The maximum Gasteiger partial charge on any atom is 0.0361 e.